The fourth-order valence-electron chi connectivity index (χ4n) is 4.24. The Hall–Kier alpha value is -4.69. The number of aliphatic hydroxyl groups is 1. The number of anilines is 1. The van der Waals surface area contributed by atoms with E-state index in [1.54, 1.807) is 35.9 Å². The topological polar surface area (TPSA) is 89.0 Å². The molecular formula is C30H24N2O5S. The SMILES string of the molecule is COc1cc(C2C(C(=O)/C=C/c3ccccc3)=C(O)C(=O)N2c2nccs2)ccc1OCc1ccccc1. The van der Waals surface area contributed by atoms with Crippen LogP contribution in [0.5, 0.6) is 11.5 Å². The second-order valence-electron chi connectivity index (χ2n) is 8.45. The largest absolute Gasteiger partial charge is 0.503 e. The Balaban J connectivity index is 1.51. The molecule has 3 aromatic carbocycles. The van der Waals surface area contributed by atoms with E-state index in [4.69, 9.17) is 9.47 Å². The standard InChI is InChI=1S/C30H24N2O5S/c1-36-25-18-22(13-15-24(25)37-19-21-10-6-3-7-11-21)27-26(23(33)14-12-20-8-4-2-5-9-20)28(34)29(35)32(27)30-31-16-17-38-30/h2-18,27,34H,19H2,1H3/b14-12+. The van der Waals surface area contributed by atoms with Gasteiger partial charge in [-0.15, -0.1) is 11.3 Å². The van der Waals surface area contributed by atoms with E-state index in [2.05, 4.69) is 4.98 Å². The number of carbonyl (C=O) groups excluding carboxylic acids is 2. The quantitative estimate of drug-likeness (QED) is 0.274. The number of methoxy groups -OCH3 is 1. The van der Waals surface area contributed by atoms with Gasteiger partial charge in [-0.3, -0.25) is 14.5 Å². The molecule has 1 unspecified atom stereocenters. The molecule has 0 saturated carbocycles. The van der Waals surface area contributed by atoms with Crippen molar-refractivity contribution in [2.24, 2.45) is 0 Å². The van der Waals surface area contributed by atoms with Crippen LogP contribution in [0, 0.1) is 0 Å². The molecule has 0 bridgehead atoms. The van der Waals surface area contributed by atoms with Crippen LogP contribution in [0.2, 0.25) is 0 Å². The van der Waals surface area contributed by atoms with Crippen LogP contribution in [0.1, 0.15) is 22.7 Å². The van der Waals surface area contributed by atoms with Crippen molar-refractivity contribution in [1.82, 2.24) is 4.98 Å². The van der Waals surface area contributed by atoms with Gasteiger partial charge < -0.3 is 14.6 Å². The first-order valence-electron chi connectivity index (χ1n) is 11.8. The van der Waals surface area contributed by atoms with E-state index in [-0.39, 0.29) is 5.57 Å². The molecule has 0 radical (unpaired) electrons. The summed E-state index contributed by atoms with van der Waals surface area (Å²) in [7, 11) is 1.52. The zero-order valence-corrected chi connectivity index (χ0v) is 21.3. The summed E-state index contributed by atoms with van der Waals surface area (Å²) in [6.07, 6.45) is 4.58. The molecule has 38 heavy (non-hydrogen) atoms. The maximum absolute atomic E-state index is 13.4. The second kappa shape index (κ2) is 11.1. The summed E-state index contributed by atoms with van der Waals surface area (Å²) in [6, 6.07) is 23.4. The number of ketones is 1. The molecule has 1 atom stereocenters. The van der Waals surface area contributed by atoms with Gasteiger partial charge in [-0.1, -0.05) is 72.8 Å². The lowest BCUT2D eigenvalue weighted by Gasteiger charge is -2.25. The van der Waals surface area contributed by atoms with Crippen LogP contribution >= 0.6 is 11.3 Å². The zero-order chi connectivity index (χ0) is 26.5. The Labute approximate surface area is 223 Å². The molecule has 1 aliphatic heterocycles. The average molecular weight is 525 g/mol. The zero-order valence-electron chi connectivity index (χ0n) is 20.5. The molecule has 2 heterocycles. The number of aliphatic hydroxyl groups excluding tert-OH is 1. The third-order valence-electron chi connectivity index (χ3n) is 6.07. The second-order valence-corrected chi connectivity index (χ2v) is 9.32. The van der Waals surface area contributed by atoms with Gasteiger partial charge in [0.25, 0.3) is 5.91 Å². The van der Waals surface area contributed by atoms with E-state index in [1.807, 2.05) is 60.7 Å². The lowest BCUT2D eigenvalue weighted by atomic mass is 9.95. The number of rotatable bonds is 9. The normalized spacial score (nSPS) is 15.3. The predicted octanol–water partition coefficient (Wildman–Crippen LogP) is 5.91. The number of nitrogens with zero attached hydrogens (tertiary/aromatic N) is 2. The van der Waals surface area contributed by atoms with Crippen molar-refractivity contribution in [3.63, 3.8) is 0 Å². The average Bonchev–Trinajstić information content (AvgIpc) is 3.58. The first-order chi connectivity index (χ1) is 18.6. The van der Waals surface area contributed by atoms with Crippen molar-refractivity contribution in [3.05, 3.63) is 125 Å². The minimum Gasteiger partial charge on any atom is -0.503 e. The highest BCUT2D eigenvalue weighted by Crippen LogP contribution is 2.43. The third-order valence-corrected chi connectivity index (χ3v) is 6.84. The number of carbonyl (C=O) groups is 2. The molecule has 4 aromatic rings. The summed E-state index contributed by atoms with van der Waals surface area (Å²) >= 11 is 1.24. The first kappa shape index (κ1) is 25.0. The molecule has 0 spiro atoms. The van der Waals surface area contributed by atoms with E-state index in [9.17, 15) is 14.7 Å². The monoisotopic (exact) mass is 524 g/mol. The number of hydrogen-bond donors (Lipinski definition) is 1. The van der Waals surface area contributed by atoms with Crippen molar-refractivity contribution in [1.29, 1.82) is 0 Å². The molecule has 0 aliphatic carbocycles. The summed E-state index contributed by atoms with van der Waals surface area (Å²) in [5, 5.41) is 13.0. The fraction of sp³-hybridized carbons (Fsp3) is 0.100. The number of amides is 1. The number of thiazole rings is 1. The molecule has 5 rings (SSSR count). The number of ether oxygens (including phenoxy) is 2. The van der Waals surface area contributed by atoms with E-state index in [1.165, 1.54) is 29.4 Å². The molecule has 8 heteroatoms. The van der Waals surface area contributed by atoms with Crippen LogP contribution < -0.4 is 14.4 Å². The summed E-state index contributed by atoms with van der Waals surface area (Å²) in [6.45, 7) is 0.346. The Kier molecular flexibility index (Phi) is 7.33. The van der Waals surface area contributed by atoms with E-state index in [0.717, 1.165) is 11.1 Å². The van der Waals surface area contributed by atoms with Gasteiger partial charge in [0.1, 0.15) is 6.61 Å². The van der Waals surface area contributed by atoms with Crippen LogP contribution in [-0.4, -0.2) is 28.9 Å². The maximum atomic E-state index is 13.4. The Morgan fingerprint density at radius 3 is 2.47 bits per heavy atom. The van der Waals surface area contributed by atoms with Gasteiger partial charge in [-0.2, -0.15) is 0 Å². The van der Waals surface area contributed by atoms with Gasteiger partial charge in [0.15, 0.2) is 28.2 Å². The fourth-order valence-corrected chi connectivity index (χ4v) is 4.91. The van der Waals surface area contributed by atoms with Gasteiger partial charge in [-0.05, 0) is 34.9 Å². The summed E-state index contributed by atoms with van der Waals surface area (Å²) in [5.74, 6) is -0.827. The van der Waals surface area contributed by atoms with Crippen LogP contribution in [0.4, 0.5) is 5.13 Å². The van der Waals surface area contributed by atoms with Crippen molar-refractivity contribution < 1.29 is 24.2 Å². The van der Waals surface area contributed by atoms with E-state index < -0.39 is 23.5 Å². The van der Waals surface area contributed by atoms with Crippen LogP contribution in [-0.2, 0) is 16.2 Å². The van der Waals surface area contributed by atoms with Crippen LogP contribution in [0.3, 0.4) is 0 Å². The lowest BCUT2D eigenvalue weighted by Crippen LogP contribution is -2.30. The number of hydrogen-bond acceptors (Lipinski definition) is 7. The van der Waals surface area contributed by atoms with Crippen LogP contribution in [0.25, 0.3) is 6.08 Å². The lowest BCUT2D eigenvalue weighted by molar-refractivity contribution is -0.117. The van der Waals surface area contributed by atoms with Crippen molar-refractivity contribution in [2.45, 2.75) is 12.6 Å². The molecule has 0 fully saturated rings. The number of aromatic nitrogens is 1. The highest BCUT2D eigenvalue weighted by atomic mass is 32.1. The number of allylic oxidation sites excluding steroid dienone is 1. The van der Waals surface area contributed by atoms with Crippen molar-refractivity contribution in [2.75, 3.05) is 12.0 Å². The predicted molar refractivity (Wildman–Crippen MR) is 146 cm³/mol. The highest BCUT2D eigenvalue weighted by Gasteiger charge is 2.45. The summed E-state index contributed by atoms with van der Waals surface area (Å²) < 4.78 is 11.6. The number of benzene rings is 3. The minimum atomic E-state index is -0.904. The van der Waals surface area contributed by atoms with Crippen molar-refractivity contribution in [3.8, 4) is 11.5 Å². The maximum Gasteiger partial charge on any atom is 0.296 e. The van der Waals surface area contributed by atoms with Gasteiger partial charge in [0.05, 0.1) is 18.7 Å². The van der Waals surface area contributed by atoms with Crippen LogP contribution in [0.15, 0.2) is 108 Å². The molecule has 1 aliphatic rings. The van der Waals surface area contributed by atoms with Gasteiger partial charge in [-0.25, -0.2) is 4.98 Å². The highest BCUT2D eigenvalue weighted by molar-refractivity contribution is 7.13. The van der Waals surface area contributed by atoms with E-state index >= 15 is 0 Å². The molecule has 1 N–H and O–H groups in total. The Morgan fingerprint density at radius 2 is 1.79 bits per heavy atom. The van der Waals surface area contributed by atoms with Gasteiger partial charge in [0, 0.05) is 11.6 Å². The van der Waals surface area contributed by atoms with Gasteiger partial charge >= 0.3 is 0 Å². The molecule has 7 nitrogen and oxygen atoms in total. The first-order valence-corrected chi connectivity index (χ1v) is 12.7. The summed E-state index contributed by atoms with van der Waals surface area (Å²) in [4.78, 5) is 32.2. The molecule has 1 aromatic heterocycles. The smallest absolute Gasteiger partial charge is 0.296 e. The molecule has 190 valence electrons. The van der Waals surface area contributed by atoms with E-state index in [0.29, 0.717) is 28.8 Å². The third kappa shape index (κ3) is 5.07. The minimum absolute atomic E-state index is 0.0302. The Bertz CT molecular complexity index is 1500. The molecule has 0 saturated heterocycles. The summed E-state index contributed by atoms with van der Waals surface area (Å²) in [5.41, 5.74) is 2.36. The molecular weight excluding hydrogens is 500 g/mol. The van der Waals surface area contributed by atoms with Gasteiger partial charge in [0.2, 0.25) is 0 Å². The van der Waals surface area contributed by atoms with Crippen molar-refractivity contribution >= 4 is 34.2 Å². The Morgan fingerprint density at radius 1 is 1.05 bits per heavy atom. The molecule has 1 amide bonds.